The summed E-state index contributed by atoms with van der Waals surface area (Å²) in [5, 5.41) is 14.0. The first-order chi connectivity index (χ1) is 14.7. The fourth-order valence-electron chi connectivity index (χ4n) is 3.38. The molecule has 0 spiro atoms. The molecule has 0 aliphatic carbocycles. The zero-order valence-electron chi connectivity index (χ0n) is 19.6. The lowest BCUT2D eigenvalue weighted by molar-refractivity contribution is 0.0202. The molecule has 0 radical (unpaired) electrons. The average Bonchev–Trinajstić information content (AvgIpc) is 3.25. The molecule has 2 heterocycles. The molecule has 2 rings (SSSR count). The third kappa shape index (κ3) is 5.50. The Bertz CT molecular complexity index is 961. The van der Waals surface area contributed by atoms with E-state index >= 15 is 0 Å². The van der Waals surface area contributed by atoms with Crippen LogP contribution in [-0.2, 0) is 9.47 Å². The van der Waals surface area contributed by atoms with E-state index in [1.165, 1.54) is 16.6 Å². The predicted molar refractivity (Wildman–Crippen MR) is 116 cm³/mol. The van der Waals surface area contributed by atoms with Gasteiger partial charge in [-0.3, -0.25) is 4.90 Å². The summed E-state index contributed by atoms with van der Waals surface area (Å²) in [7, 11) is 1.44. The molecular formula is C22H30FN5O4. The Morgan fingerprint density at radius 2 is 1.84 bits per heavy atom. The van der Waals surface area contributed by atoms with Gasteiger partial charge in [0, 0.05) is 13.6 Å². The Hall–Kier alpha value is -3.27. The standard InChI is InChI=1S/C22H30FN5O4/c1-9-17-16(12-24)18(26(8)19(29)31-21(2,3)4)28(25-17)15-10-14(11-23)27(13-15)20(30)32-22(5,6)7/h1,14-15H,10-11,13H2,2-8H3/t14-,15-/m0/s1. The molecule has 0 saturated carbocycles. The van der Waals surface area contributed by atoms with E-state index in [-0.39, 0.29) is 30.0 Å². The molecular weight excluding hydrogens is 417 g/mol. The molecule has 1 aromatic heterocycles. The van der Waals surface area contributed by atoms with Crippen molar-refractivity contribution >= 4 is 18.0 Å². The smallest absolute Gasteiger partial charge is 0.415 e. The van der Waals surface area contributed by atoms with Gasteiger partial charge < -0.3 is 14.4 Å². The number of aromatic nitrogens is 2. The summed E-state index contributed by atoms with van der Waals surface area (Å²) in [6, 6.07) is 0.726. The molecule has 0 bridgehead atoms. The zero-order valence-corrected chi connectivity index (χ0v) is 19.6. The SMILES string of the molecule is C#Cc1nn([C@H]2C[C@@H](CF)N(C(=O)OC(C)(C)C)C2)c(N(C)C(=O)OC(C)(C)C)c1C#N. The van der Waals surface area contributed by atoms with E-state index in [1.54, 1.807) is 41.5 Å². The molecule has 32 heavy (non-hydrogen) atoms. The van der Waals surface area contributed by atoms with E-state index < -0.39 is 42.1 Å². The van der Waals surface area contributed by atoms with Crippen molar-refractivity contribution in [3.63, 3.8) is 0 Å². The minimum Gasteiger partial charge on any atom is -0.444 e. The van der Waals surface area contributed by atoms with Gasteiger partial charge in [-0.25, -0.2) is 18.7 Å². The van der Waals surface area contributed by atoms with Crippen molar-refractivity contribution < 1.29 is 23.5 Å². The molecule has 2 atom stereocenters. The number of carbonyl (C=O) groups excluding carboxylic acids is 2. The number of terminal acetylenes is 1. The zero-order chi connectivity index (χ0) is 24.4. The molecule has 174 valence electrons. The minimum atomic E-state index is -0.776. The van der Waals surface area contributed by atoms with Gasteiger partial charge in [0.1, 0.15) is 29.5 Å². The summed E-state index contributed by atoms with van der Waals surface area (Å²) >= 11 is 0. The molecule has 1 fully saturated rings. The highest BCUT2D eigenvalue weighted by atomic mass is 19.1. The number of likely N-dealkylation sites (tertiary alicyclic amines) is 1. The quantitative estimate of drug-likeness (QED) is 0.656. The second-order valence-electron chi connectivity index (χ2n) is 9.62. The number of ether oxygens (including phenoxy) is 2. The third-order valence-corrected chi connectivity index (χ3v) is 4.66. The van der Waals surface area contributed by atoms with Crippen LogP contribution in [0.1, 0.15) is 65.3 Å². The number of carbonyl (C=O) groups is 2. The van der Waals surface area contributed by atoms with Crippen molar-refractivity contribution in [3.05, 3.63) is 11.3 Å². The van der Waals surface area contributed by atoms with E-state index in [2.05, 4.69) is 11.0 Å². The highest BCUT2D eigenvalue weighted by Crippen LogP contribution is 2.35. The van der Waals surface area contributed by atoms with Gasteiger partial charge in [-0.05, 0) is 53.9 Å². The van der Waals surface area contributed by atoms with E-state index in [1.807, 2.05) is 6.07 Å². The van der Waals surface area contributed by atoms with Crippen molar-refractivity contribution in [1.29, 1.82) is 5.26 Å². The van der Waals surface area contributed by atoms with Crippen molar-refractivity contribution in [2.75, 3.05) is 25.2 Å². The molecule has 1 aliphatic heterocycles. The van der Waals surface area contributed by atoms with Crippen LogP contribution in [0, 0.1) is 23.7 Å². The van der Waals surface area contributed by atoms with E-state index in [4.69, 9.17) is 15.9 Å². The molecule has 0 aromatic carbocycles. The van der Waals surface area contributed by atoms with Crippen LogP contribution in [0.4, 0.5) is 19.8 Å². The molecule has 0 unspecified atom stereocenters. The number of alkyl halides is 1. The summed E-state index contributed by atoms with van der Waals surface area (Å²) < 4.78 is 26.0. The van der Waals surface area contributed by atoms with Gasteiger partial charge >= 0.3 is 12.2 Å². The summed E-state index contributed by atoms with van der Waals surface area (Å²) in [4.78, 5) is 27.8. The van der Waals surface area contributed by atoms with Crippen molar-refractivity contribution in [2.24, 2.45) is 0 Å². The fourth-order valence-corrected chi connectivity index (χ4v) is 3.38. The number of hydrogen-bond acceptors (Lipinski definition) is 6. The first-order valence-corrected chi connectivity index (χ1v) is 10.2. The summed E-state index contributed by atoms with van der Waals surface area (Å²) in [5.41, 5.74) is -1.44. The van der Waals surface area contributed by atoms with Crippen molar-refractivity contribution in [1.82, 2.24) is 14.7 Å². The van der Waals surface area contributed by atoms with Crippen LogP contribution in [0.15, 0.2) is 0 Å². The number of nitriles is 1. The Balaban J connectivity index is 2.46. The van der Waals surface area contributed by atoms with Crippen molar-refractivity contribution in [2.45, 2.75) is 71.2 Å². The number of halogens is 1. The van der Waals surface area contributed by atoms with E-state index in [9.17, 15) is 19.2 Å². The third-order valence-electron chi connectivity index (χ3n) is 4.66. The van der Waals surface area contributed by atoms with Gasteiger partial charge in [0.25, 0.3) is 0 Å². The molecule has 1 aliphatic rings. The Morgan fingerprint density at radius 3 is 2.31 bits per heavy atom. The number of rotatable bonds is 3. The lowest BCUT2D eigenvalue weighted by Gasteiger charge is -2.27. The number of hydrogen-bond donors (Lipinski definition) is 0. The van der Waals surface area contributed by atoms with E-state index in [0.717, 1.165) is 4.90 Å². The van der Waals surface area contributed by atoms with Crippen LogP contribution in [0.3, 0.4) is 0 Å². The van der Waals surface area contributed by atoms with Crippen molar-refractivity contribution in [3.8, 4) is 18.4 Å². The first kappa shape index (κ1) is 25.0. The van der Waals surface area contributed by atoms with Crippen LogP contribution >= 0.6 is 0 Å². The van der Waals surface area contributed by atoms with E-state index in [0.29, 0.717) is 0 Å². The lowest BCUT2D eigenvalue weighted by Crippen LogP contribution is -2.41. The topological polar surface area (TPSA) is 101 Å². The summed E-state index contributed by atoms with van der Waals surface area (Å²) in [6.07, 6.45) is 4.39. The van der Waals surface area contributed by atoms with Gasteiger partial charge in [-0.2, -0.15) is 10.4 Å². The Morgan fingerprint density at radius 1 is 1.25 bits per heavy atom. The van der Waals surface area contributed by atoms with Crippen LogP contribution in [0.25, 0.3) is 0 Å². The second-order valence-corrected chi connectivity index (χ2v) is 9.62. The van der Waals surface area contributed by atoms with Gasteiger partial charge in [-0.1, -0.05) is 0 Å². The molecule has 9 nitrogen and oxygen atoms in total. The molecule has 0 N–H and O–H groups in total. The van der Waals surface area contributed by atoms with Crippen LogP contribution in [0.2, 0.25) is 0 Å². The highest BCUT2D eigenvalue weighted by molar-refractivity contribution is 5.88. The Kier molecular flexibility index (Phi) is 7.09. The van der Waals surface area contributed by atoms with Crippen LogP contribution < -0.4 is 4.90 Å². The minimum absolute atomic E-state index is 0.0216. The maximum Gasteiger partial charge on any atom is 0.415 e. The monoisotopic (exact) mass is 447 g/mol. The van der Waals surface area contributed by atoms with Gasteiger partial charge in [0.15, 0.2) is 11.5 Å². The fraction of sp³-hybridized carbons (Fsp3) is 0.636. The van der Waals surface area contributed by atoms with Crippen LogP contribution in [0.5, 0.6) is 0 Å². The maximum absolute atomic E-state index is 13.8. The normalized spacial score (nSPS) is 18.6. The summed E-state index contributed by atoms with van der Waals surface area (Å²) in [5.74, 6) is 2.48. The first-order valence-electron chi connectivity index (χ1n) is 10.2. The lowest BCUT2D eigenvalue weighted by atomic mass is 10.2. The molecule has 1 saturated heterocycles. The predicted octanol–water partition coefficient (Wildman–Crippen LogP) is 3.63. The van der Waals surface area contributed by atoms with Gasteiger partial charge in [0.2, 0.25) is 0 Å². The molecule has 1 aromatic rings. The van der Waals surface area contributed by atoms with Gasteiger partial charge in [-0.15, -0.1) is 6.42 Å². The van der Waals surface area contributed by atoms with Gasteiger partial charge in [0.05, 0.1) is 12.1 Å². The highest BCUT2D eigenvalue weighted by Gasteiger charge is 2.41. The number of anilines is 1. The number of amides is 2. The maximum atomic E-state index is 13.8. The summed E-state index contributed by atoms with van der Waals surface area (Å²) in [6.45, 7) is 9.63. The second kappa shape index (κ2) is 9.07. The largest absolute Gasteiger partial charge is 0.444 e. The average molecular weight is 448 g/mol. The molecule has 2 amide bonds. The molecule has 10 heteroatoms. The Labute approximate surface area is 188 Å². The van der Waals surface area contributed by atoms with Crippen LogP contribution in [-0.4, -0.2) is 64.4 Å². The number of nitrogens with zero attached hydrogens (tertiary/aromatic N) is 5.